The van der Waals surface area contributed by atoms with Crippen molar-refractivity contribution in [1.29, 1.82) is 0 Å². The van der Waals surface area contributed by atoms with Gasteiger partial charge in [-0.3, -0.25) is 9.69 Å². The Labute approximate surface area is 144 Å². The lowest BCUT2D eigenvalue weighted by Gasteiger charge is -2.36. The number of anilines is 1. The molecule has 1 aliphatic heterocycles. The Kier molecular flexibility index (Phi) is 5.49. The monoisotopic (exact) mass is 323 g/mol. The van der Waals surface area contributed by atoms with E-state index in [1.807, 2.05) is 25.1 Å². The van der Waals surface area contributed by atoms with Gasteiger partial charge >= 0.3 is 0 Å². The minimum absolute atomic E-state index is 0.00764. The van der Waals surface area contributed by atoms with E-state index in [0.29, 0.717) is 6.54 Å². The molecule has 0 aromatic heterocycles. The van der Waals surface area contributed by atoms with Crippen molar-refractivity contribution in [2.75, 3.05) is 37.6 Å². The van der Waals surface area contributed by atoms with E-state index in [0.717, 1.165) is 38.3 Å². The third kappa shape index (κ3) is 4.15. The van der Waals surface area contributed by atoms with Crippen LogP contribution in [-0.4, -0.2) is 43.5 Å². The first-order chi connectivity index (χ1) is 11.8. The lowest BCUT2D eigenvalue weighted by atomic mass is 10.1. The number of piperazine rings is 1. The molecule has 24 heavy (non-hydrogen) atoms. The van der Waals surface area contributed by atoms with Crippen LogP contribution >= 0.6 is 0 Å². The van der Waals surface area contributed by atoms with Gasteiger partial charge in [0.25, 0.3) is 5.91 Å². The van der Waals surface area contributed by atoms with Crippen LogP contribution in [0.4, 0.5) is 5.69 Å². The number of hydrogen-bond donors (Lipinski definition) is 1. The molecule has 0 bridgehead atoms. The molecular formula is C20H25N3O. The smallest absolute Gasteiger partial charge is 0.251 e. The molecule has 0 aliphatic carbocycles. The van der Waals surface area contributed by atoms with Crippen molar-refractivity contribution in [3.8, 4) is 0 Å². The number of para-hydroxylation sites is 1. The summed E-state index contributed by atoms with van der Waals surface area (Å²) >= 11 is 0. The molecule has 1 N–H and O–H groups in total. The fraction of sp³-hybridized carbons (Fsp3) is 0.350. The van der Waals surface area contributed by atoms with Gasteiger partial charge in [0.05, 0.1) is 0 Å². The second-order valence-corrected chi connectivity index (χ2v) is 6.16. The van der Waals surface area contributed by atoms with Crippen molar-refractivity contribution in [1.82, 2.24) is 10.2 Å². The van der Waals surface area contributed by atoms with Crippen molar-refractivity contribution in [2.24, 2.45) is 0 Å². The standard InChI is InChI=1S/C20H25N3O/c1-2-21-20(24)18-8-6-7-17(15-18)16-22-11-13-23(14-12-22)19-9-4-3-5-10-19/h3-10,15H,2,11-14,16H2,1H3,(H,21,24). The Balaban J connectivity index is 1.56. The summed E-state index contributed by atoms with van der Waals surface area (Å²) in [5, 5.41) is 2.86. The molecule has 1 fully saturated rings. The van der Waals surface area contributed by atoms with Gasteiger partial charge in [-0.05, 0) is 36.8 Å². The van der Waals surface area contributed by atoms with Gasteiger partial charge in [0.2, 0.25) is 0 Å². The number of carbonyl (C=O) groups is 1. The number of hydrogen-bond acceptors (Lipinski definition) is 3. The normalized spacial score (nSPS) is 15.3. The van der Waals surface area contributed by atoms with Crippen LogP contribution < -0.4 is 10.2 Å². The molecule has 3 rings (SSSR count). The van der Waals surface area contributed by atoms with Gasteiger partial charge in [0.1, 0.15) is 0 Å². The zero-order valence-electron chi connectivity index (χ0n) is 14.2. The van der Waals surface area contributed by atoms with Crippen LogP contribution in [0.3, 0.4) is 0 Å². The van der Waals surface area contributed by atoms with Crippen LogP contribution in [0.1, 0.15) is 22.8 Å². The van der Waals surface area contributed by atoms with Crippen LogP contribution in [0.5, 0.6) is 0 Å². The van der Waals surface area contributed by atoms with Crippen LogP contribution in [0, 0.1) is 0 Å². The van der Waals surface area contributed by atoms with Gasteiger partial charge in [-0.15, -0.1) is 0 Å². The highest BCUT2D eigenvalue weighted by atomic mass is 16.1. The fourth-order valence-corrected chi connectivity index (χ4v) is 3.13. The second kappa shape index (κ2) is 7.97. The maximum absolute atomic E-state index is 12.0. The molecule has 1 saturated heterocycles. The third-order valence-electron chi connectivity index (χ3n) is 4.43. The highest BCUT2D eigenvalue weighted by Crippen LogP contribution is 2.17. The molecule has 0 saturated carbocycles. The zero-order chi connectivity index (χ0) is 16.8. The average Bonchev–Trinajstić information content (AvgIpc) is 2.63. The molecule has 4 nitrogen and oxygen atoms in total. The van der Waals surface area contributed by atoms with Crippen molar-refractivity contribution < 1.29 is 4.79 Å². The van der Waals surface area contributed by atoms with Crippen molar-refractivity contribution in [3.05, 3.63) is 65.7 Å². The van der Waals surface area contributed by atoms with Crippen molar-refractivity contribution >= 4 is 11.6 Å². The summed E-state index contributed by atoms with van der Waals surface area (Å²) in [4.78, 5) is 16.8. The van der Waals surface area contributed by atoms with Crippen LogP contribution in [0.2, 0.25) is 0 Å². The Morgan fingerprint density at radius 1 is 1.00 bits per heavy atom. The van der Waals surface area contributed by atoms with E-state index < -0.39 is 0 Å². The molecule has 0 radical (unpaired) electrons. The lowest BCUT2D eigenvalue weighted by Crippen LogP contribution is -2.45. The molecule has 2 aromatic carbocycles. The fourth-order valence-electron chi connectivity index (χ4n) is 3.13. The molecule has 2 aromatic rings. The van der Waals surface area contributed by atoms with E-state index in [9.17, 15) is 4.79 Å². The van der Waals surface area contributed by atoms with Crippen molar-refractivity contribution in [3.63, 3.8) is 0 Å². The first-order valence-electron chi connectivity index (χ1n) is 8.66. The minimum atomic E-state index is 0.00764. The molecule has 0 spiro atoms. The summed E-state index contributed by atoms with van der Waals surface area (Å²) in [5.41, 5.74) is 3.25. The summed E-state index contributed by atoms with van der Waals surface area (Å²) in [6.45, 7) is 7.66. The van der Waals surface area contributed by atoms with Crippen molar-refractivity contribution in [2.45, 2.75) is 13.5 Å². The lowest BCUT2D eigenvalue weighted by molar-refractivity contribution is 0.0955. The van der Waals surface area contributed by atoms with E-state index in [2.05, 4.69) is 51.5 Å². The second-order valence-electron chi connectivity index (χ2n) is 6.16. The number of carbonyl (C=O) groups excluding carboxylic acids is 1. The third-order valence-corrected chi connectivity index (χ3v) is 4.43. The molecule has 126 valence electrons. The molecule has 1 amide bonds. The van der Waals surface area contributed by atoms with Gasteiger partial charge in [-0.25, -0.2) is 0 Å². The Bertz CT molecular complexity index is 664. The number of nitrogens with one attached hydrogen (secondary N) is 1. The SMILES string of the molecule is CCNC(=O)c1cccc(CN2CCN(c3ccccc3)CC2)c1. The largest absolute Gasteiger partial charge is 0.369 e. The molecule has 4 heteroatoms. The van der Waals surface area contributed by atoms with Gasteiger partial charge < -0.3 is 10.2 Å². The topological polar surface area (TPSA) is 35.6 Å². The Hall–Kier alpha value is -2.33. The molecule has 1 aliphatic rings. The molecule has 0 atom stereocenters. The summed E-state index contributed by atoms with van der Waals surface area (Å²) < 4.78 is 0. The molecule has 1 heterocycles. The molecular weight excluding hydrogens is 298 g/mol. The maximum atomic E-state index is 12.0. The van der Waals surface area contributed by atoms with E-state index in [1.54, 1.807) is 0 Å². The summed E-state index contributed by atoms with van der Waals surface area (Å²) in [6, 6.07) is 18.5. The Morgan fingerprint density at radius 3 is 2.46 bits per heavy atom. The van der Waals surface area contributed by atoms with E-state index in [1.165, 1.54) is 11.3 Å². The number of amides is 1. The highest BCUT2D eigenvalue weighted by molar-refractivity contribution is 5.94. The highest BCUT2D eigenvalue weighted by Gasteiger charge is 2.17. The minimum Gasteiger partial charge on any atom is -0.369 e. The summed E-state index contributed by atoms with van der Waals surface area (Å²) in [5.74, 6) is 0.00764. The first-order valence-corrected chi connectivity index (χ1v) is 8.66. The van der Waals surface area contributed by atoms with E-state index >= 15 is 0 Å². The quantitative estimate of drug-likeness (QED) is 0.919. The predicted octanol–water partition coefficient (Wildman–Crippen LogP) is 2.76. The van der Waals surface area contributed by atoms with Crippen LogP contribution in [0.25, 0.3) is 0 Å². The van der Waals surface area contributed by atoms with E-state index in [4.69, 9.17) is 0 Å². The van der Waals surface area contributed by atoms with Crippen LogP contribution in [-0.2, 0) is 6.54 Å². The van der Waals surface area contributed by atoms with Gasteiger partial charge in [-0.2, -0.15) is 0 Å². The van der Waals surface area contributed by atoms with Gasteiger partial charge in [-0.1, -0.05) is 30.3 Å². The predicted molar refractivity (Wildman–Crippen MR) is 98.4 cm³/mol. The van der Waals surface area contributed by atoms with Crippen LogP contribution in [0.15, 0.2) is 54.6 Å². The first kappa shape index (κ1) is 16.5. The zero-order valence-corrected chi connectivity index (χ0v) is 14.2. The Morgan fingerprint density at radius 2 is 1.75 bits per heavy atom. The summed E-state index contributed by atoms with van der Waals surface area (Å²) in [7, 11) is 0. The maximum Gasteiger partial charge on any atom is 0.251 e. The van der Waals surface area contributed by atoms with Gasteiger partial charge in [0, 0.05) is 50.5 Å². The average molecular weight is 323 g/mol. The summed E-state index contributed by atoms with van der Waals surface area (Å²) in [6.07, 6.45) is 0. The number of rotatable bonds is 5. The van der Waals surface area contributed by atoms with Gasteiger partial charge in [0.15, 0.2) is 0 Å². The molecule has 0 unspecified atom stereocenters. The number of benzene rings is 2. The number of nitrogens with zero attached hydrogens (tertiary/aromatic N) is 2. The van der Waals surface area contributed by atoms with E-state index in [-0.39, 0.29) is 5.91 Å².